The summed E-state index contributed by atoms with van der Waals surface area (Å²) in [6.45, 7) is -0.346. The van der Waals surface area contributed by atoms with Crippen molar-refractivity contribution < 1.29 is 19.7 Å². The molecule has 0 bridgehead atoms. The molecule has 3 unspecified atom stereocenters. The lowest BCUT2D eigenvalue weighted by molar-refractivity contribution is -0.111. The summed E-state index contributed by atoms with van der Waals surface area (Å²) >= 11 is 0. The number of aromatic nitrogens is 4. The topological polar surface area (TPSA) is 148 Å². The van der Waals surface area contributed by atoms with Crippen LogP contribution in [0.5, 0.6) is 0 Å². The maximum absolute atomic E-state index is 11.7. The summed E-state index contributed by atoms with van der Waals surface area (Å²) in [4.78, 5) is 17.9. The monoisotopic (exact) mass is 299 g/mol. The number of fused-ring (bicyclic) bond motifs is 1. The van der Waals surface area contributed by atoms with Gasteiger partial charge in [-0.1, -0.05) is 0 Å². The predicted molar refractivity (Wildman–Crippen MR) is 71.7 cm³/mol. The number of ether oxygens (including phenoxy) is 2. The van der Waals surface area contributed by atoms with E-state index in [1.807, 2.05) is 0 Å². The SMILES string of the molecule is COC(CO)C(OC)C(O)c1cnn2c(=O)[nH]c(N)nc12. The van der Waals surface area contributed by atoms with Gasteiger partial charge in [0.05, 0.1) is 12.8 Å². The Kier molecular flexibility index (Phi) is 4.53. The number of H-pyrrole nitrogens is 1. The highest BCUT2D eigenvalue weighted by atomic mass is 16.5. The fourth-order valence-corrected chi connectivity index (χ4v) is 2.10. The minimum absolute atomic E-state index is 0.0964. The molecule has 0 radical (unpaired) electrons. The lowest BCUT2D eigenvalue weighted by Gasteiger charge is -2.27. The molecule has 10 heteroatoms. The summed E-state index contributed by atoms with van der Waals surface area (Å²) in [6.07, 6.45) is -1.54. The molecule has 2 aromatic heterocycles. The second-order valence-corrected chi connectivity index (χ2v) is 4.36. The van der Waals surface area contributed by atoms with Gasteiger partial charge in [-0.3, -0.25) is 4.98 Å². The van der Waals surface area contributed by atoms with Gasteiger partial charge in [0.1, 0.15) is 18.3 Å². The van der Waals surface area contributed by atoms with Crippen LogP contribution in [0.15, 0.2) is 11.0 Å². The molecule has 5 N–H and O–H groups in total. The van der Waals surface area contributed by atoms with Crippen molar-refractivity contribution in [3.05, 3.63) is 22.2 Å². The van der Waals surface area contributed by atoms with E-state index in [0.717, 1.165) is 4.52 Å². The van der Waals surface area contributed by atoms with Crippen LogP contribution >= 0.6 is 0 Å². The van der Waals surface area contributed by atoms with E-state index in [0.29, 0.717) is 0 Å². The number of aromatic amines is 1. The number of rotatable bonds is 6. The van der Waals surface area contributed by atoms with Crippen molar-refractivity contribution in [3.63, 3.8) is 0 Å². The molecule has 0 amide bonds. The fraction of sp³-hybridized carbons (Fsp3) is 0.545. The Hall–Kier alpha value is -2.01. The Morgan fingerprint density at radius 2 is 2.19 bits per heavy atom. The van der Waals surface area contributed by atoms with Gasteiger partial charge in [0.2, 0.25) is 5.95 Å². The van der Waals surface area contributed by atoms with Crippen molar-refractivity contribution in [1.82, 2.24) is 19.6 Å². The Morgan fingerprint density at radius 3 is 2.76 bits per heavy atom. The van der Waals surface area contributed by atoms with Gasteiger partial charge >= 0.3 is 5.69 Å². The van der Waals surface area contributed by atoms with Crippen molar-refractivity contribution in [2.75, 3.05) is 26.6 Å². The van der Waals surface area contributed by atoms with E-state index in [4.69, 9.17) is 15.2 Å². The second-order valence-electron chi connectivity index (χ2n) is 4.36. The average molecular weight is 299 g/mol. The molecule has 2 aromatic rings. The van der Waals surface area contributed by atoms with Gasteiger partial charge < -0.3 is 25.4 Å². The van der Waals surface area contributed by atoms with Crippen LogP contribution in [-0.2, 0) is 9.47 Å². The van der Waals surface area contributed by atoms with Crippen molar-refractivity contribution in [1.29, 1.82) is 0 Å². The summed E-state index contributed by atoms with van der Waals surface area (Å²) in [5.41, 5.74) is 5.27. The van der Waals surface area contributed by atoms with E-state index in [9.17, 15) is 15.0 Å². The summed E-state index contributed by atoms with van der Waals surface area (Å²) in [7, 11) is 2.76. The third-order valence-electron chi connectivity index (χ3n) is 3.18. The zero-order chi connectivity index (χ0) is 15.6. The molecular formula is C11H17N5O5. The van der Waals surface area contributed by atoms with E-state index in [1.165, 1.54) is 20.4 Å². The Bertz CT molecular complexity index is 665. The molecule has 0 aliphatic rings. The molecule has 10 nitrogen and oxygen atoms in total. The van der Waals surface area contributed by atoms with E-state index in [2.05, 4.69) is 15.1 Å². The van der Waals surface area contributed by atoms with E-state index in [-0.39, 0.29) is 23.8 Å². The number of nitrogens with zero attached hydrogens (tertiary/aromatic N) is 3. The van der Waals surface area contributed by atoms with Crippen molar-refractivity contribution in [2.24, 2.45) is 0 Å². The third-order valence-corrected chi connectivity index (χ3v) is 3.18. The summed E-state index contributed by atoms with van der Waals surface area (Å²) in [6, 6.07) is 0. The number of methoxy groups -OCH3 is 2. The maximum atomic E-state index is 11.7. The first-order chi connectivity index (χ1) is 10.0. The molecule has 2 rings (SSSR count). The summed E-state index contributed by atoms with van der Waals surface area (Å²) in [5, 5.41) is 23.5. The predicted octanol–water partition coefficient (Wildman–Crippen LogP) is -1.94. The number of hydrogen-bond acceptors (Lipinski definition) is 8. The van der Waals surface area contributed by atoms with Gasteiger partial charge in [-0.15, -0.1) is 0 Å². The van der Waals surface area contributed by atoms with Crippen LogP contribution in [0.4, 0.5) is 5.95 Å². The molecule has 3 atom stereocenters. The zero-order valence-corrected chi connectivity index (χ0v) is 11.6. The summed E-state index contributed by atoms with van der Waals surface area (Å²) < 4.78 is 11.2. The summed E-state index contributed by atoms with van der Waals surface area (Å²) in [5.74, 6) is -0.0964. The second kappa shape index (κ2) is 6.18. The van der Waals surface area contributed by atoms with E-state index < -0.39 is 24.0 Å². The largest absolute Gasteiger partial charge is 0.394 e. The van der Waals surface area contributed by atoms with Crippen LogP contribution in [0, 0.1) is 0 Å². The Labute approximate surface area is 119 Å². The maximum Gasteiger partial charge on any atom is 0.350 e. The smallest absolute Gasteiger partial charge is 0.350 e. The Morgan fingerprint density at radius 1 is 1.48 bits per heavy atom. The normalized spacial score (nSPS) is 16.0. The molecular weight excluding hydrogens is 282 g/mol. The lowest BCUT2D eigenvalue weighted by atomic mass is 10.0. The van der Waals surface area contributed by atoms with E-state index >= 15 is 0 Å². The van der Waals surface area contributed by atoms with Gasteiger partial charge in [-0.2, -0.15) is 14.6 Å². The molecule has 0 saturated heterocycles. The zero-order valence-electron chi connectivity index (χ0n) is 11.6. The van der Waals surface area contributed by atoms with Crippen LogP contribution in [0.1, 0.15) is 11.7 Å². The number of hydrogen-bond donors (Lipinski definition) is 4. The average Bonchev–Trinajstić information content (AvgIpc) is 2.87. The van der Waals surface area contributed by atoms with Crippen LogP contribution in [0.2, 0.25) is 0 Å². The van der Waals surface area contributed by atoms with Crippen molar-refractivity contribution in [3.8, 4) is 0 Å². The number of nitrogens with two attached hydrogens (primary N) is 1. The molecule has 2 heterocycles. The minimum Gasteiger partial charge on any atom is -0.394 e. The van der Waals surface area contributed by atoms with Gasteiger partial charge in [0.15, 0.2) is 5.65 Å². The third kappa shape index (κ3) is 2.74. The first kappa shape index (κ1) is 15.4. The molecule has 0 aromatic carbocycles. The first-order valence-corrected chi connectivity index (χ1v) is 6.11. The van der Waals surface area contributed by atoms with Gasteiger partial charge in [-0.25, -0.2) is 4.79 Å². The standard InChI is InChI=1S/C11H17N5O5/c1-20-6(4-17)8(21-2)7(18)5-3-13-16-9(5)14-10(12)15-11(16)19/h3,6-8,17-18H,4H2,1-2H3,(H3,12,14,15,19). The number of aliphatic hydroxyl groups excluding tert-OH is 2. The van der Waals surface area contributed by atoms with Crippen LogP contribution in [0.25, 0.3) is 5.65 Å². The minimum atomic E-state index is -1.21. The highest BCUT2D eigenvalue weighted by Crippen LogP contribution is 2.24. The number of nitrogen functional groups attached to an aromatic ring is 1. The Balaban J connectivity index is 2.47. The van der Waals surface area contributed by atoms with Crippen molar-refractivity contribution in [2.45, 2.75) is 18.3 Å². The molecule has 0 aliphatic heterocycles. The number of anilines is 1. The highest BCUT2D eigenvalue weighted by Gasteiger charge is 2.32. The van der Waals surface area contributed by atoms with Gasteiger partial charge in [-0.05, 0) is 0 Å². The van der Waals surface area contributed by atoms with E-state index in [1.54, 1.807) is 0 Å². The molecule has 0 spiro atoms. The van der Waals surface area contributed by atoms with Crippen LogP contribution in [-0.4, -0.2) is 62.8 Å². The quantitative estimate of drug-likeness (QED) is 0.481. The number of nitrogens with one attached hydrogen (secondary N) is 1. The molecule has 0 saturated carbocycles. The molecule has 0 aliphatic carbocycles. The molecule has 21 heavy (non-hydrogen) atoms. The first-order valence-electron chi connectivity index (χ1n) is 6.11. The van der Waals surface area contributed by atoms with Crippen LogP contribution < -0.4 is 11.4 Å². The highest BCUT2D eigenvalue weighted by molar-refractivity contribution is 5.49. The molecule has 0 fully saturated rings. The molecule has 116 valence electrons. The van der Waals surface area contributed by atoms with Crippen molar-refractivity contribution >= 4 is 11.6 Å². The van der Waals surface area contributed by atoms with Crippen LogP contribution in [0.3, 0.4) is 0 Å². The van der Waals surface area contributed by atoms with Gasteiger partial charge in [0, 0.05) is 19.8 Å². The van der Waals surface area contributed by atoms with Gasteiger partial charge in [0.25, 0.3) is 0 Å². The lowest BCUT2D eigenvalue weighted by Crippen LogP contribution is -2.38. The number of aliphatic hydroxyl groups is 2. The fourth-order valence-electron chi connectivity index (χ4n) is 2.10.